The van der Waals surface area contributed by atoms with Gasteiger partial charge in [0, 0.05) is 12.4 Å². The number of carbonyl (C=O) groups excluding carboxylic acids is 3. The number of hydrogen-bond donors (Lipinski definition) is 3. The highest BCUT2D eigenvalue weighted by Crippen LogP contribution is 1.98. The lowest BCUT2D eigenvalue weighted by atomic mass is 10.1. The number of primary amides is 2. The van der Waals surface area contributed by atoms with Crippen molar-refractivity contribution >= 4 is 17.7 Å². The Hall–Kier alpha value is -2.44. The van der Waals surface area contributed by atoms with E-state index in [0.29, 0.717) is 0 Å². The van der Waals surface area contributed by atoms with Gasteiger partial charge in [-0.1, -0.05) is 0 Å². The van der Waals surface area contributed by atoms with Crippen molar-refractivity contribution in [1.29, 1.82) is 0 Å². The van der Waals surface area contributed by atoms with E-state index in [2.05, 4.69) is 10.3 Å². The number of aromatic nitrogens is 1. The molecule has 0 saturated heterocycles. The lowest BCUT2D eigenvalue weighted by Crippen LogP contribution is -2.47. The van der Waals surface area contributed by atoms with E-state index >= 15 is 0 Å². The molecule has 1 aromatic rings. The summed E-state index contributed by atoms with van der Waals surface area (Å²) in [5, 5.41) is 2.36. The van der Waals surface area contributed by atoms with Crippen LogP contribution in [0.4, 0.5) is 0 Å². The zero-order chi connectivity index (χ0) is 13.5. The number of nitrogens with zero attached hydrogens (tertiary/aromatic N) is 1. The summed E-state index contributed by atoms with van der Waals surface area (Å²) in [6.07, 6.45) is 2.87. The standard InChI is InChI=1S/C11H14N4O3/c12-9(16)6-8(11(13)18)15-10(17)5-7-1-3-14-4-2-7/h1-4,8H,5-6H2,(H2,12,16)(H2,13,18)(H,15,17)/t8-/m0/s1. The Morgan fingerprint density at radius 1 is 1.22 bits per heavy atom. The van der Waals surface area contributed by atoms with Crippen molar-refractivity contribution < 1.29 is 14.4 Å². The van der Waals surface area contributed by atoms with E-state index in [1.807, 2.05) is 0 Å². The Bertz CT molecular complexity index is 447. The minimum atomic E-state index is -1.07. The molecule has 7 heteroatoms. The summed E-state index contributed by atoms with van der Waals surface area (Å²) in [5.74, 6) is -1.91. The summed E-state index contributed by atoms with van der Waals surface area (Å²) >= 11 is 0. The Morgan fingerprint density at radius 3 is 2.33 bits per heavy atom. The van der Waals surface area contributed by atoms with Crippen LogP contribution >= 0.6 is 0 Å². The SMILES string of the molecule is NC(=O)C[C@H](NC(=O)Cc1ccncc1)C(N)=O. The fourth-order valence-electron chi connectivity index (χ4n) is 1.36. The molecule has 0 aliphatic carbocycles. The minimum absolute atomic E-state index is 0.0745. The van der Waals surface area contributed by atoms with Gasteiger partial charge < -0.3 is 16.8 Å². The maximum atomic E-state index is 11.6. The van der Waals surface area contributed by atoms with Gasteiger partial charge >= 0.3 is 0 Å². The number of rotatable bonds is 6. The normalized spacial score (nSPS) is 11.6. The maximum absolute atomic E-state index is 11.6. The molecule has 0 saturated carbocycles. The van der Waals surface area contributed by atoms with Crippen LogP contribution in [0.2, 0.25) is 0 Å². The van der Waals surface area contributed by atoms with Gasteiger partial charge in [-0.25, -0.2) is 0 Å². The highest BCUT2D eigenvalue weighted by molar-refractivity contribution is 5.91. The smallest absolute Gasteiger partial charge is 0.240 e. The zero-order valence-corrected chi connectivity index (χ0v) is 9.63. The predicted octanol–water partition coefficient (Wildman–Crippen LogP) is -1.53. The van der Waals surface area contributed by atoms with Crippen LogP contribution in [0.25, 0.3) is 0 Å². The lowest BCUT2D eigenvalue weighted by Gasteiger charge is -2.13. The van der Waals surface area contributed by atoms with Gasteiger partial charge in [0.2, 0.25) is 17.7 Å². The van der Waals surface area contributed by atoms with E-state index in [0.717, 1.165) is 5.56 Å². The van der Waals surface area contributed by atoms with E-state index in [1.54, 1.807) is 24.5 Å². The number of pyridine rings is 1. The molecule has 7 nitrogen and oxygen atoms in total. The van der Waals surface area contributed by atoms with Gasteiger partial charge in [-0.05, 0) is 17.7 Å². The van der Waals surface area contributed by atoms with Crippen molar-refractivity contribution in [2.24, 2.45) is 11.5 Å². The van der Waals surface area contributed by atoms with Gasteiger partial charge in [0.05, 0.1) is 12.8 Å². The summed E-state index contributed by atoms with van der Waals surface area (Å²) < 4.78 is 0. The quantitative estimate of drug-likeness (QED) is 0.565. The number of nitrogens with two attached hydrogens (primary N) is 2. The average molecular weight is 250 g/mol. The Kier molecular flexibility index (Phi) is 4.79. The van der Waals surface area contributed by atoms with Crippen LogP contribution in [0.3, 0.4) is 0 Å². The number of hydrogen-bond acceptors (Lipinski definition) is 4. The molecule has 0 bridgehead atoms. The van der Waals surface area contributed by atoms with Gasteiger partial charge in [0.25, 0.3) is 0 Å². The molecule has 96 valence electrons. The average Bonchev–Trinajstić information content (AvgIpc) is 2.28. The summed E-state index contributed by atoms with van der Waals surface area (Å²) in [6.45, 7) is 0. The highest BCUT2D eigenvalue weighted by Gasteiger charge is 2.20. The maximum Gasteiger partial charge on any atom is 0.240 e. The van der Waals surface area contributed by atoms with E-state index in [-0.39, 0.29) is 12.8 Å². The van der Waals surface area contributed by atoms with Crippen molar-refractivity contribution in [3.05, 3.63) is 30.1 Å². The summed E-state index contributed by atoms with van der Waals surface area (Å²) in [6, 6.07) is 2.27. The molecule has 1 aromatic heterocycles. The second-order valence-electron chi connectivity index (χ2n) is 3.73. The molecule has 18 heavy (non-hydrogen) atoms. The summed E-state index contributed by atoms with van der Waals surface area (Å²) in [5.41, 5.74) is 10.7. The molecule has 0 aliphatic heterocycles. The molecule has 0 radical (unpaired) electrons. The van der Waals surface area contributed by atoms with Gasteiger partial charge in [-0.15, -0.1) is 0 Å². The fraction of sp³-hybridized carbons (Fsp3) is 0.273. The third kappa shape index (κ3) is 4.60. The van der Waals surface area contributed by atoms with Crippen LogP contribution in [-0.2, 0) is 20.8 Å². The molecule has 1 atom stereocenters. The van der Waals surface area contributed by atoms with Gasteiger partial charge in [-0.3, -0.25) is 19.4 Å². The molecule has 3 amide bonds. The Balaban J connectivity index is 2.56. The molecule has 0 spiro atoms. The predicted molar refractivity (Wildman–Crippen MR) is 62.9 cm³/mol. The minimum Gasteiger partial charge on any atom is -0.370 e. The molecule has 5 N–H and O–H groups in total. The first kappa shape index (κ1) is 13.6. The molecule has 1 heterocycles. The van der Waals surface area contributed by atoms with Crippen LogP contribution in [0.1, 0.15) is 12.0 Å². The van der Waals surface area contributed by atoms with Crippen molar-refractivity contribution in [3.8, 4) is 0 Å². The molecule has 0 unspecified atom stereocenters. The first-order valence-electron chi connectivity index (χ1n) is 5.25. The van der Waals surface area contributed by atoms with Crippen molar-refractivity contribution in [3.63, 3.8) is 0 Å². The third-order valence-corrected chi connectivity index (χ3v) is 2.20. The summed E-state index contributed by atoms with van der Waals surface area (Å²) in [4.78, 5) is 37.2. The van der Waals surface area contributed by atoms with Crippen molar-refractivity contribution in [2.75, 3.05) is 0 Å². The molecule has 0 aromatic carbocycles. The first-order valence-corrected chi connectivity index (χ1v) is 5.25. The van der Waals surface area contributed by atoms with Crippen LogP contribution in [0, 0.1) is 0 Å². The van der Waals surface area contributed by atoms with Gasteiger partial charge in [0.1, 0.15) is 6.04 Å². The summed E-state index contributed by atoms with van der Waals surface area (Å²) in [7, 11) is 0. The Labute approximate surface area is 104 Å². The fourth-order valence-corrected chi connectivity index (χ4v) is 1.36. The van der Waals surface area contributed by atoms with Crippen molar-refractivity contribution in [1.82, 2.24) is 10.3 Å². The molecule has 0 fully saturated rings. The second kappa shape index (κ2) is 6.33. The number of nitrogens with one attached hydrogen (secondary N) is 1. The number of carbonyl (C=O) groups is 3. The third-order valence-electron chi connectivity index (χ3n) is 2.20. The van der Waals surface area contributed by atoms with E-state index in [9.17, 15) is 14.4 Å². The molecular formula is C11H14N4O3. The van der Waals surface area contributed by atoms with E-state index in [4.69, 9.17) is 11.5 Å². The monoisotopic (exact) mass is 250 g/mol. The van der Waals surface area contributed by atoms with Crippen LogP contribution < -0.4 is 16.8 Å². The zero-order valence-electron chi connectivity index (χ0n) is 9.63. The van der Waals surface area contributed by atoms with Crippen LogP contribution in [0.5, 0.6) is 0 Å². The lowest BCUT2D eigenvalue weighted by molar-refractivity contribution is -0.129. The first-order chi connectivity index (χ1) is 8.49. The molecule has 0 aliphatic rings. The molecular weight excluding hydrogens is 236 g/mol. The van der Waals surface area contributed by atoms with E-state index < -0.39 is 23.8 Å². The largest absolute Gasteiger partial charge is 0.370 e. The van der Waals surface area contributed by atoms with Gasteiger partial charge in [0.15, 0.2) is 0 Å². The van der Waals surface area contributed by atoms with Crippen LogP contribution in [-0.4, -0.2) is 28.7 Å². The van der Waals surface area contributed by atoms with Crippen LogP contribution in [0.15, 0.2) is 24.5 Å². The number of amides is 3. The topological polar surface area (TPSA) is 128 Å². The van der Waals surface area contributed by atoms with Gasteiger partial charge in [-0.2, -0.15) is 0 Å². The van der Waals surface area contributed by atoms with E-state index in [1.165, 1.54) is 0 Å². The van der Waals surface area contributed by atoms with Crippen molar-refractivity contribution in [2.45, 2.75) is 18.9 Å². The molecule has 1 rings (SSSR count). The Morgan fingerprint density at radius 2 is 1.83 bits per heavy atom. The highest BCUT2D eigenvalue weighted by atomic mass is 16.2. The second-order valence-corrected chi connectivity index (χ2v) is 3.73.